The van der Waals surface area contributed by atoms with E-state index >= 15 is 0 Å². The molecule has 0 aliphatic carbocycles. The molecule has 0 spiro atoms. The van der Waals surface area contributed by atoms with Crippen LogP contribution in [0.3, 0.4) is 0 Å². The Labute approximate surface area is 199 Å². The molecule has 3 aromatic rings. The van der Waals surface area contributed by atoms with Crippen molar-refractivity contribution in [2.24, 2.45) is 9.98 Å². The van der Waals surface area contributed by atoms with Crippen molar-refractivity contribution in [3.8, 4) is 0 Å². The molecule has 31 heavy (non-hydrogen) atoms. The first-order valence-electron chi connectivity index (χ1n) is 9.70. The van der Waals surface area contributed by atoms with Gasteiger partial charge in [0.05, 0.1) is 34.2 Å². The maximum absolute atomic E-state index is 4.90. The minimum Gasteiger partial charge on any atom is -0.358 e. The van der Waals surface area contributed by atoms with E-state index in [1.165, 1.54) is 27.8 Å². The molecule has 0 bridgehead atoms. The number of rotatable bonds is 4. The number of hydrogen-bond acceptors (Lipinski definition) is 2. The average molecular weight is 457 g/mol. The van der Waals surface area contributed by atoms with Gasteiger partial charge in [-0.25, -0.2) is 0 Å². The van der Waals surface area contributed by atoms with Crippen molar-refractivity contribution in [2.45, 2.75) is 48.5 Å². The molecule has 3 nitrogen and oxygen atoms in total. The molecule has 1 heterocycles. The second kappa shape index (κ2) is 11.8. The first kappa shape index (κ1) is 28.6. The van der Waals surface area contributed by atoms with Crippen molar-refractivity contribution in [2.75, 3.05) is 0 Å². The average Bonchev–Trinajstić information content (AvgIpc) is 3.11. The van der Waals surface area contributed by atoms with Crippen molar-refractivity contribution < 1.29 is 17.1 Å². The summed E-state index contributed by atoms with van der Waals surface area (Å²) in [5.74, 6) is 0. The van der Waals surface area contributed by atoms with Gasteiger partial charge in [-0.05, 0) is 82.9 Å². The maximum atomic E-state index is 4.90. The summed E-state index contributed by atoms with van der Waals surface area (Å²) in [5, 5.41) is 0. The van der Waals surface area contributed by atoms with Gasteiger partial charge in [-0.15, -0.1) is 0 Å². The quantitative estimate of drug-likeness (QED) is 0.237. The van der Waals surface area contributed by atoms with Gasteiger partial charge in [0, 0.05) is 0 Å². The predicted molar refractivity (Wildman–Crippen MR) is 134 cm³/mol. The van der Waals surface area contributed by atoms with E-state index < -0.39 is 0 Å². The van der Waals surface area contributed by atoms with Crippen molar-refractivity contribution >= 4 is 22.8 Å². The van der Waals surface area contributed by atoms with Crippen LogP contribution in [0.15, 0.2) is 52.4 Å². The van der Waals surface area contributed by atoms with Gasteiger partial charge in [-0.3, -0.25) is 9.98 Å². The second-order valence-corrected chi connectivity index (χ2v) is 7.67. The summed E-state index contributed by atoms with van der Waals surface area (Å²) < 4.78 is 0. The van der Waals surface area contributed by atoms with Crippen molar-refractivity contribution in [3.05, 3.63) is 96.5 Å². The molecule has 0 aliphatic rings. The molecule has 0 aliphatic heterocycles. The summed E-state index contributed by atoms with van der Waals surface area (Å²) in [6.07, 6.45) is 0. The van der Waals surface area contributed by atoms with E-state index in [9.17, 15) is 0 Å². The summed E-state index contributed by atoms with van der Waals surface area (Å²) >= 11 is 0. The van der Waals surface area contributed by atoms with Crippen LogP contribution < -0.4 is 0 Å². The minimum absolute atomic E-state index is 0. The normalized spacial score (nSPS) is 11.3. The zero-order valence-corrected chi connectivity index (χ0v) is 21.4. The van der Waals surface area contributed by atoms with Crippen LogP contribution in [0.4, 0.5) is 11.4 Å². The number of aromatic amines is 1. The number of aliphatic imine (C=N–C) groups is 2. The smallest absolute Gasteiger partial charge is 0.358 e. The van der Waals surface area contributed by atoms with Gasteiger partial charge in [0.2, 0.25) is 0 Å². The molecule has 0 amide bonds. The van der Waals surface area contributed by atoms with E-state index in [-0.39, 0.29) is 31.9 Å². The zero-order valence-electron chi connectivity index (χ0n) is 20.3. The first-order valence-corrected chi connectivity index (χ1v) is 9.70. The molecular weight excluding hydrogens is 422 g/mol. The standard InChI is InChI=1S/C25H29N3.2CH3.Fe/c1-15-13-18(4)25(19(5)14-15)27-21(7)23-12-11-22(28-23)20(6)26-24-16(2)9-8-10-17(24)3;;;/h8-14,28H,1-7H3;2*1H3;/q;2*-1;+2. The molecule has 0 saturated carbocycles. The Morgan fingerprint density at radius 1 is 0.645 bits per heavy atom. The Kier molecular flexibility index (Phi) is 10.9. The Morgan fingerprint density at radius 2 is 1.03 bits per heavy atom. The van der Waals surface area contributed by atoms with E-state index in [0.29, 0.717) is 0 Å². The number of para-hydroxylation sites is 1. The largest absolute Gasteiger partial charge is 2.00 e. The summed E-state index contributed by atoms with van der Waals surface area (Å²) in [4.78, 5) is 13.2. The fourth-order valence-corrected chi connectivity index (χ4v) is 3.60. The molecule has 4 heteroatoms. The molecule has 0 fully saturated rings. The van der Waals surface area contributed by atoms with Crippen LogP contribution in [0.5, 0.6) is 0 Å². The number of H-pyrrole nitrogens is 1. The molecule has 1 N–H and O–H groups in total. The Hall–Kier alpha value is -2.42. The van der Waals surface area contributed by atoms with Crippen LogP contribution in [-0.4, -0.2) is 16.4 Å². The van der Waals surface area contributed by atoms with Crippen LogP contribution in [0, 0.1) is 49.5 Å². The molecule has 0 saturated heterocycles. The van der Waals surface area contributed by atoms with Crippen LogP contribution in [0.2, 0.25) is 0 Å². The molecule has 3 rings (SSSR count). The molecular formula is C27H35FeN3. The fourth-order valence-electron chi connectivity index (χ4n) is 3.60. The van der Waals surface area contributed by atoms with Crippen molar-refractivity contribution in [3.63, 3.8) is 0 Å². The van der Waals surface area contributed by atoms with Crippen molar-refractivity contribution in [1.29, 1.82) is 0 Å². The summed E-state index contributed by atoms with van der Waals surface area (Å²) in [5.41, 5.74) is 12.1. The van der Waals surface area contributed by atoms with Crippen LogP contribution in [0.1, 0.15) is 53.1 Å². The van der Waals surface area contributed by atoms with E-state index in [1.54, 1.807) is 0 Å². The number of hydrogen-bond donors (Lipinski definition) is 1. The molecule has 0 atom stereocenters. The summed E-state index contributed by atoms with van der Waals surface area (Å²) in [6.45, 7) is 14.6. The molecule has 1 aromatic heterocycles. The van der Waals surface area contributed by atoms with Gasteiger partial charge in [0.1, 0.15) is 0 Å². The van der Waals surface area contributed by atoms with Gasteiger partial charge in [-0.1, -0.05) is 35.9 Å². The monoisotopic (exact) mass is 457 g/mol. The third-order valence-electron chi connectivity index (χ3n) is 5.10. The topological polar surface area (TPSA) is 40.5 Å². The number of aromatic nitrogens is 1. The van der Waals surface area contributed by atoms with Gasteiger partial charge in [-0.2, -0.15) is 0 Å². The van der Waals surface area contributed by atoms with Crippen molar-refractivity contribution in [1.82, 2.24) is 4.98 Å². The van der Waals surface area contributed by atoms with E-state index in [2.05, 4.69) is 82.1 Å². The number of benzene rings is 2. The Morgan fingerprint density at radius 3 is 1.45 bits per heavy atom. The Balaban J connectivity index is 0.00000300. The molecule has 0 unspecified atom stereocenters. The number of nitrogens with zero attached hydrogens (tertiary/aromatic N) is 2. The van der Waals surface area contributed by atoms with E-state index in [4.69, 9.17) is 9.98 Å². The number of aryl methyl sites for hydroxylation is 5. The van der Waals surface area contributed by atoms with Gasteiger partial charge in [0.25, 0.3) is 0 Å². The summed E-state index contributed by atoms with van der Waals surface area (Å²) in [7, 11) is 0. The summed E-state index contributed by atoms with van der Waals surface area (Å²) in [6, 6.07) is 14.8. The third kappa shape index (κ3) is 6.53. The molecule has 0 radical (unpaired) electrons. The molecule has 2 aromatic carbocycles. The van der Waals surface area contributed by atoms with Crippen LogP contribution in [-0.2, 0) is 17.1 Å². The first-order chi connectivity index (χ1) is 13.3. The van der Waals surface area contributed by atoms with Gasteiger partial charge >= 0.3 is 17.1 Å². The van der Waals surface area contributed by atoms with Gasteiger partial charge in [0.15, 0.2) is 0 Å². The van der Waals surface area contributed by atoms with Gasteiger partial charge < -0.3 is 19.8 Å². The fraction of sp³-hybridized carbons (Fsp3) is 0.259. The van der Waals surface area contributed by atoms with E-state index in [0.717, 1.165) is 34.2 Å². The minimum atomic E-state index is 0. The number of nitrogens with one attached hydrogen (secondary N) is 1. The van der Waals surface area contributed by atoms with E-state index in [1.807, 2.05) is 13.8 Å². The van der Waals surface area contributed by atoms with Crippen LogP contribution >= 0.6 is 0 Å². The van der Waals surface area contributed by atoms with Crippen LogP contribution in [0.25, 0.3) is 0 Å². The SMILES string of the molecule is CC(=Nc1c(C)cccc1C)c1ccc(C(C)=Nc2c(C)cc(C)cc2C)[nH]1.[CH3-].[CH3-].[Fe+2]. The molecule has 166 valence electrons. The maximum Gasteiger partial charge on any atom is 2.00 e. The predicted octanol–water partition coefficient (Wildman–Crippen LogP) is 7.74. The third-order valence-corrected chi connectivity index (χ3v) is 5.10. The Bertz CT molecular complexity index is 1040. The second-order valence-electron chi connectivity index (χ2n) is 7.67. The zero-order chi connectivity index (χ0) is 20.4.